The molecule has 0 rings (SSSR count). The molecule has 74 valence electrons. The van der Waals surface area contributed by atoms with Gasteiger partial charge in [-0.2, -0.15) is 0 Å². The van der Waals surface area contributed by atoms with E-state index in [0.717, 1.165) is 6.42 Å². The largest absolute Gasteiger partial charge is 0.396 e. The number of hydrogen-bond acceptors (Lipinski definition) is 4. The van der Waals surface area contributed by atoms with Gasteiger partial charge in [-0.15, -0.1) is 0 Å². The summed E-state index contributed by atoms with van der Waals surface area (Å²) in [4.78, 5) is 0. The van der Waals surface area contributed by atoms with E-state index in [0.29, 0.717) is 12.8 Å². The van der Waals surface area contributed by atoms with Crippen molar-refractivity contribution in [1.82, 2.24) is 0 Å². The fourth-order valence-electron chi connectivity index (χ4n) is 1.41. The zero-order valence-electron chi connectivity index (χ0n) is 7.66. The minimum atomic E-state index is -0.841. The maximum atomic E-state index is 8.73. The first kappa shape index (κ1) is 11.8. The maximum Gasteiger partial charge on any atom is 0.0688 e. The predicted octanol–water partition coefficient (Wildman–Crippen LogP) is -0.609. The highest BCUT2D eigenvalue weighted by atomic mass is 16.3. The van der Waals surface area contributed by atoms with E-state index in [9.17, 15) is 0 Å². The lowest BCUT2D eigenvalue weighted by molar-refractivity contribution is 0.155. The smallest absolute Gasteiger partial charge is 0.0688 e. The first-order valence-electron chi connectivity index (χ1n) is 4.38. The van der Waals surface area contributed by atoms with Crippen LogP contribution in [-0.2, 0) is 0 Å². The standard InChI is InChI=1S/C8H20N2O2/c1-2-7(3-5-11)8(9,10)4-6-12/h7,11-12H,2-6,9-10H2,1H3. The third-order valence-corrected chi connectivity index (χ3v) is 2.28. The van der Waals surface area contributed by atoms with E-state index in [-0.39, 0.29) is 19.1 Å². The SMILES string of the molecule is CCC(CCO)C(N)(N)CCO. The van der Waals surface area contributed by atoms with Crippen LogP contribution in [-0.4, -0.2) is 29.1 Å². The number of nitrogens with two attached hydrogens (primary N) is 2. The Morgan fingerprint density at radius 3 is 2.17 bits per heavy atom. The number of hydrogen-bond donors (Lipinski definition) is 4. The summed E-state index contributed by atoms with van der Waals surface area (Å²) < 4.78 is 0. The second-order valence-corrected chi connectivity index (χ2v) is 3.20. The number of aliphatic hydroxyl groups is 2. The van der Waals surface area contributed by atoms with Crippen molar-refractivity contribution >= 4 is 0 Å². The molecule has 0 heterocycles. The Hall–Kier alpha value is -0.160. The van der Waals surface area contributed by atoms with Gasteiger partial charge in [0.1, 0.15) is 0 Å². The minimum absolute atomic E-state index is 0.00503. The summed E-state index contributed by atoms with van der Waals surface area (Å²) in [5.41, 5.74) is 10.7. The van der Waals surface area contributed by atoms with Gasteiger partial charge in [-0.25, -0.2) is 0 Å². The van der Waals surface area contributed by atoms with Crippen LogP contribution in [0.1, 0.15) is 26.2 Å². The van der Waals surface area contributed by atoms with Crippen LogP contribution in [0, 0.1) is 5.92 Å². The first-order chi connectivity index (χ1) is 5.58. The highest BCUT2D eigenvalue weighted by Gasteiger charge is 2.28. The van der Waals surface area contributed by atoms with E-state index >= 15 is 0 Å². The summed E-state index contributed by atoms with van der Waals surface area (Å²) >= 11 is 0. The average Bonchev–Trinajstić information content (AvgIpc) is 1.99. The summed E-state index contributed by atoms with van der Waals surface area (Å²) in [5.74, 6) is 0.0784. The van der Waals surface area contributed by atoms with Crippen LogP contribution in [0.25, 0.3) is 0 Å². The van der Waals surface area contributed by atoms with Gasteiger partial charge in [0.15, 0.2) is 0 Å². The second-order valence-electron chi connectivity index (χ2n) is 3.20. The fourth-order valence-corrected chi connectivity index (χ4v) is 1.41. The van der Waals surface area contributed by atoms with Crippen molar-refractivity contribution in [3.63, 3.8) is 0 Å². The molecular formula is C8H20N2O2. The van der Waals surface area contributed by atoms with Crippen LogP contribution in [0.2, 0.25) is 0 Å². The molecule has 0 aliphatic rings. The molecule has 0 bridgehead atoms. The lowest BCUT2D eigenvalue weighted by Crippen LogP contribution is -2.56. The molecule has 0 aromatic carbocycles. The van der Waals surface area contributed by atoms with E-state index in [4.69, 9.17) is 21.7 Å². The lowest BCUT2D eigenvalue weighted by atomic mass is 9.86. The van der Waals surface area contributed by atoms with Crippen molar-refractivity contribution in [1.29, 1.82) is 0 Å². The van der Waals surface area contributed by atoms with Gasteiger partial charge in [0.25, 0.3) is 0 Å². The first-order valence-corrected chi connectivity index (χ1v) is 4.38. The molecule has 0 aromatic heterocycles. The van der Waals surface area contributed by atoms with Crippen LogP contribution in [0.3, 0.4) is 0 Å². The van der Waals surface area contributed by atoms with Gasteiger partial charge in [0.05, 0.1) is 5.66 Å². The molecule has 0 saturated carbocycles. The topological polar surface area (TPSA) is 92.5 Å². The van der Waals surface area contributed by atoms with E-state index < -0.39 is 5.66 Å². The summed E-state index contributed by atoms with van der Waals surface area (Å²) in [7, 11) is 0. The molecule has 4 heteroatoms. The van der Waals surface area contributed by atoms with Gasteiger partial charge in [-0.05, 0) is 12.3 Å². The van der Waals surface area contributed by atoms with E-state index in [1.807, 2.05) is 6.92 Å². The molecule has 0 spiro atoms. The Morgan fingerprint density at radius 1 is 1.25 bits per heavy atom. The minimum Gasteiger partial charge on any atom is -0.396 e. The van der Waals surface area contributed by atoms with E-state index in [1.165, 1.54) is 0 Å². The Labute approximate surface area is 73.6 Å². The van der Waals surface area contributed by atoms with Gasteiger partial charge in [-0.1, -0.05) is 13.3 Å². The third-order valence-electron chi connectivity index (χ3n) is 2.28. The lowest BCUT2D eigenvalue weighted by Gasteiger charge is -2.32. The molecule has 0 fully saturated rings. The molecule has 0 aliphatic carbocycles. The summed E-state index contributed by atoms with van der Waals surface area (Å²) in [6, 6.07) is 0. The zero-order valence-corrected chi connectivity index (χ0v) is 7.66. The zero-order chi connectivity index (χ0) is 9.61. The monoisotopic (exact) mass is 176 g/mol. The number of aliphatic hydroxyl groups excluding tert-OH is 2. The Bertz CT molecular complexity index is 118. The van der Waals surface area contributed by atoms with Gasteiger partial charge in [0.2, 0.25) is 0 Å². The molecule has 0 amide bonds. The second kappa shape index (κ2) is 5.48. The van der Waals surface area contributed by atoms with E-state index in [1.54, 1.807) is 0 Å². The normalized spacial score (nSPS) is 14.8. The Balaban J connectivity index is 4.05. The van der Waals surface area contributed by atoms with Gasteiger partial charge in [-0.3, -0.25) is 0 Å². The van der Waals surface area contributed by atoms with Crippen LogP contribution in [0.15, 0.2) is 0 Å². The average molecular weight is 176 g/mol. The summed E-state index contributed by atoms with van der Waals surface area (Å²) in [6.45, 7) is 2.07. The molecule has 4 nitrogen and oxygen atoms in total. The molecule has 1 unspecified atom stereocenters. The molecule has 12 heavy (non-hydrogen) atoms. The quantitative estimate of drug-likeness (QED) is 0.406. The Morgan fingerprint density at radius 2 is 1.83 bits per heavy atom. The van der Waals surface area contributed by atoms with Crippen molar-refractivity contribution in [2.24, 2.45) is 17.4 Å². The fraction of sp³-hybridized carbons (Fsp3) is 1.00. The highest BCUT2D eigenvalue weighted by molar-refractivity contribution is 4.84. The van der Waals surface area contributed by atoms with Crippen molar-refractivity contribution in [2.75, 3.05) is 13.2 Å². The molecule has 0 saturated heterocycles. The Kier molecular flexibility index (Phi) is 5.41. The van der Waals surface area contributed by atoms with E-state index in [2.05, 4.69) is 0 Å². The van der Waals surface area contributed by atoms with Crippen LogP contribution >= 0.6 is 0 Å². The highest BCUT2D eigenvalue weighted by Crippen LogP contribution is 2.19. The van der Waals surface area contributed by atoms with Crippen LogP contribution in [0.4, 0.5) is 0 Å². The molecule has 6 N–H and O–H groups in total. The molecule has 0 aromatic rings. The van der Waals surface area contributed by atoms with Crippen LogP contribution < -0.4 is 11.5 Å². The van der Waals surface area contributed by atoms with Gasteiger partial charge >= 0.3 is 0 Å². The molecule has 0 aliphatic heterocycles. The van der Waals surface area contributed by atoms with Gasteiger partial charge < -0.3 is 21.7 Å². The maximum absolute atomic E-state index is 8.73. The van der Waals surface area contributed by atoms with Crippen molar-refractivity contribution < 1.29 is 10.2 Å². The van der Waals surface area contributed by atoms with Crippen LogP contribution in [0.5, 0.6) is 0 Å². The number of rotatable bonds is 6. The van der Waals surface area contributed by atoms with Crippen molar-refractivity contribution in [2.45, 2.75) is 31.8 Å². The molecule has 0 radical (unpaired) electrons. The predicted molar refractivity (Wildman–Crippen MR) is 48.3 cm³/mol. The summed E-state index contributed by atoms with van der Waals surface area (Å²) in [5, 5.41) is 17.4. The van der Waals surface area contributed by atoms with Crippen molar-refractivity contribution in [3.8, 4) is 0 Å². The van der Waals surface area contributed by atoms with Crippen molar-refractivity contribution in [3.05, 3.63) is 0 Å². The molecular weight excluding hydrogens is 156 g/mol. The summed E-state index contributed by atoms with van der Waals surface area (Å²) in [6.07, 6.45) is 1.81. The third kappa shape index (κ3) is 3.49. The van der Waals surface area contributed by atoms with Gasteiger partial charge in [0, 0.05) is 19.6 Å². The molecule has 1 atom stereocenters.